The Kier molecular flexibility index (Phi) is 9.89. The van der Waals surface area contributed by atoms with Gasteiger partial charge in [0.2, 0.25) is 5.91 Å². The standard InChI is InChI=1S/C26H36N2O5S2/c1-17(2)13-22-15-23(26(34-22)27-35(31)32)20-11-9-19(10-12-20)16-28(18(3)29)24-8-6-5-7-21(24)14-25(30)33-4/h9-12,15,17,21,24,27H,5-8,13-14,16H2,1-4H3,(H,31,32)/p-1/t21?,24-/m0/s1. The van der Waals surface area contributed by atoms with Gasteiger partial charge in [0.15, 0.2) is 0 Å². The largest absolute Gasteiger partial charge is 0.755 e. The molecular weight excluding hydrogens is 484 g/mol. The lowest BCUT2D eigenvalue weighted by Gasteiger charge is -2.39. The molecular formula is C26H35N2O5S2-. The Labute approximate surface area is 214 Å². The topological polar surface area (TPSA) is 98.8 Å². The molecule has 3 rings (SSSR count). The Morgan fingerprint density at radius 3 is 2.51 bits per heavy atom. The molecule has 1 aromatic heterocycles. The summed E-state index contributed by atoms with van der Waals surface area (Å²) in [6.07, 6.45) is 5.11. The van der Waals surface area contributed by atoms with Gasteiger partial charge in [0.1, 0.15) is 5.00 Å². The maximum absolute atomic E-state index is 12.6. The molecule has 0 aliphatic heterocycles. The summed E-state index contributed by atoms with van der Waals surface area (Å²) in [6.45, 7) is 6.32. The fourth-order valence-corrected chi connectivity index (χ4v) is 6.67. The number of anilines is 1. The molecule has 3 atom stereocenters. The van der Waals surface area contributed by atoms with Gasteiger partial charge in [-0.2, -0.15) is 0 Å². The van der Waals surface area contributed by atoms with Gasteiger partial charge in [-0.25, -0.2) is 0 Å². The molecule has 0 spiro atoms. The van der Waals surface area contributed by atoms with E-state index in [-0.39, 0.29) is 23.8 Å². The van der Waals surface area contributed by atoms with Crippen molar-refractivity contribution < 1.29 is 23.1 Å². The van der Waals surface area contributed by atoms with Gasteiger partial charge in [-0.15, -0.1) is 11.3 Å². The number of esters is 1. The Morgan fingerprint density at radius 2 is 1.91 bits per heavy atom. The molecule has 35 heavy (non-hydrogen) atoms. The van der Waals surface area contributed by atoms with E-state index in [1.54, 1.807) is 6.92 Å². The van der Waals surface area contributed by atoms with Gasteiger partial charge in [0.05, 0.1) is 13.5 Å². The molecule has 1 aromatic carbocycles. The summed E-state index contributed by atoms with van der Waals surface area (Å²) in [6, 6.07) is 9.98. The highest BCUT2D eigenvalue weighted by Crippen LogP contribution is 2.38. The highest BCUT2D eigenvalue weighted by molar-refractivity contribution is 7.80. The molecule has 1 N–H and O–H groups in total. The van der Waals surface area contributed by atoms with Crippen LogP contribution in [0.1, 0.15) is 63.3 Å². The lowest BCUT2D eigenvalue weighted by molar-refractivity contribution is -0.144. The number of hydrogen-bond acceptors (Lipinski definition) is 6. The number of methoxy groups -OCH3 is 1. The van der Waals surface area contributed by atoms with Crippen LogP contribution in [-0.2, 0) is 38.6 Å². The van der Waals surface area contributed by atoms with E-state index in [2.05, 4.69) is 24.6 Å². The van der Waals surface area contributed by atoms with Crippen LogP contribution in [0.2, 0.25) is 0 Å². The molecule has 0 radical (unpaired) electrons. The van der Waals surface area contributed by atoms with Gasteiger partial charge in [0, 0.05) is 41.2 Å². The summed E-state index contributed by atoms with van der Waals surface area (Å²) < 4.78 is 30.1. The van der Waals surface area contributed by atoms with Gasteiger partial charge in [0.25, 0.3) is 0 Å². The van der Waals surface area contributed by atoms with Crippen molar-refractivity contribution in [1.82, 2.24) is 4.90 Å². The second-order valence-electron chi connectivity index (χ2n) is 9.63. The molecule has 0 saturated heterocycles. The quantitative estimate of drug-likeness (QED) is 0.340. The molecule has 1 aliphatic rings. The number of thiophene rings is 1. The second-order valence-corrected chi connectivity index (χ2v) is 11.4. The number of nitrogens with one attached hydrogen (secondary N) is 1. The first kappa shape index (κ1) is 27.4. The fourth-order valence-electron chi connectivity index (χ4n) is 4.89. The summed E-state index contributed by atoms with van der Waals surface area (Å²) in [7, 11) is 1.40. The minimum atomic E-state index is -2.40. The van der Waals surface area contributed by atoms with Gasteiger partial charge in [-0.1, -0.05) is 51.0 Å². The van der Waals surface area contributed by atoms with Crippen LogP contribution in [0.3, 0.4) is 0 Å². The van der Waals surface area contributed by atoms with Gasteiger partial charge in [-0.3, -0.25) is 13.8 Å². The molecule has 192 valence electrons. The Bertz CT molecular complexity index is 1030. The molecule has 0 bridgehead atoms. The Morgan fingerprint density at radius 1 is 1.23 bits per heavy atom. The van der Waals surface area contributed by atoms with Crippen molar-refractivity contribution >= 4 is 39.5 Å². The third-order valence-electron chi connectivity index (χ3n) is 6.52. The van der Waals surface area contributed by atoms with Crippen LogP contribution in [-0.4, -0.2) is 38.7 Å². The zero-order valence-electron chi connectivity index (χ0n) is 20.9. The van der Waals surface area contributed by atoms with E-state index in [9.17, 15) is 18.4 Å². The van der Waals surface area contributed by atoms with Crippen LogP contribution >= 0.6 is 11.3 Å². The lowest BCUT2D eigenvalue weighted by atomic mass is 9.81. The summed E-state index contributed by atoms with van der Waals surface area (Å²) >= 11 is -0.935. The van der Waals surface area contributed by atoms with Crippen molar-refractivity contribution in [2.24, 2.45) is 11.8 Å². The highest BCUT2D eigenvalue weighted by Gasteiger charge is 2.33. The van der Waals surface area contributed by atoms with Crippen molar-refractivity contribution in [1.29, 1.82) is 0 Å². The molecule has 1 aliphatic carbocycles. The van der Waals surface area contributed by atoms with Crippen LogP contribution < -0.4 is 4.72 Å². The van der Waals surface area contributed by atoms with E-state index in [1.165, 1.54) is 18.4 Å². The van der Waals surface area contributed by atoms with Gasteiger partial charge >= 0.3 is 5.97 Å². The van der Waals surface area contributed by atoms with Gasteiger partial charge in [-0.05, 0) is 48.3 Å². The molecule has 1 fully saturated rings. The number of benzene rings is 1. The molecule has 1 amide bonds. The first-order chi connectivity index (χ1) is 16.7. The third-order valence-corrected chi connectivity index (χ3v) is 8.09. The Balaban J connectivity index is 1.81. The van der Waals surface area contributed by atoms with Crippen molar-refractivity contribution in [2.75, 3.05) is 11.8 Å². The van der Waals surface area contributed by atoms with E-state index in [0.717, 1.165) is 53.7 Å². The minimum absolute atomic E-state index is 0.00332. The van der Waals surface area contributed by atoms with Crippen molar-refractivity contribution in [2.45, 2.75) is 71.9 Å². The molecule has 2 unspecified atom stereocenters. The third kappa shape index (κ3) is 7.62. The average Bonchev–Trinajstić information content (AvgIpc) is 3.18. The normalized spacial score (nSPS) is 18.8. The number of rotatable bonds is 10. The number of carbonyl (C=O) groups is 2. The van der Waals surface area contributed by atoms with Crippen LogP contribution in [0.15, 0.2) is 30.3 Å². The summed E-state index contributed by atoms with van der Waals surface area (Å²) in [5, 5.41) is 0.611. The zero-order valence-corrected chi connectivity index (χ0v) is 22.5. The van der Waals surface area contributed by atoms with E-state index in [1.807, 2.05) is 29.2 Å². The molecule has 2 aromatic rings. The lowest BCUT2D eigenvalue weighted by Crippen LogP contribution is -2.45. The number of ether oxygens (including phenoxy) is 1. The fraction of sp³-hybridized carbons (Fsp3) is 0.538. The van der Waals surface area contributed by atoms with E-state index >= 15 is 0 Å². The summed E-state index contributed by atoms with van der Waals surface area (Å²) in [5.41, 5.74) is 2.77. The number of carbonyl (C=O) groups excluding carboxylic acids is 2. The van der Waals surface area contributed by atoms with E-state index in [4.69, 9.17) is 4.74 Å². The molecule has 1 heterocycles. The van der Waals surface area contributed by atoms with Crippen LogP contribution in [0, 0.1) is 11.8 Å². The number of hydrogen-bond donors (Lipinski definition) is 1. The van der Waals surface area contributed by atoms with Crippen molar-refractivity contribution in [3.8, 4) is 11.1 Å². The summed E-state index contributed by atoms with van der Waals surface area (Å²) in [4.78, 5) is 27.6. The van der Waals surface area contributed by atoms with Crippen molar-refractivity contribution in [3.05, 3.63) is 40.8 Å². The predicted octanol–water partition coefficient (Wildman–Crippen LogP) is 5.29. The van der Waals surface area contributed by atoms with Gasteiger partial charge < -0.3 is 18.9 Å². The number of amides is 1. The summed E-state index contributed by atoms with van der Waals surface area (Å²) in [5.74, 6) is 0.336. The van der Waals surface area contributed by atoms with Crippen LogP contribution in [0.25, 0.3) is 11.1 Å². The van der Waals surface area contributed by atoms with E-state index < -0.39 is 11.3 Å². The molecule has 7 nitrogen and oxygen atoms in total. The monoisotopic (exact) mass is 519 g/mol. The maximum Gasteiger partial charge on any atom is 0.305 e. The molecule has 9 heteroatoms. The van der Waals surface area contributed by atoms with Crippen LogP contribution in [0.4, 0.5) is 5.00 Å². The maximum atomic E-state index is 12.6. The predicted molar refractivity (Wildman–Crippen MR) is 139 cm³/mol. The van der Waals surface area contributed by atoms with E-state index in [0.29, 0.717) is 23.9 Å². The zero-order chi connectivity index (χ0) is 25.5. The average molecular weight is 520 g/mol. The smallest absolute Gasteiger partial charge is 0.305 e. The first-order valence-electron chi connectivity index (χ1n) is 12.1. The number of nitrogens with zero attached hydrogens (tertiary/aromatic N) is 1. The Hall–Kier alpha value is -2.23. The minimum Gasteiger partial charge on any atom is -0.755 e. The first-order valence-corrected chi connectivity index (χ1v) is 14.0. The van der Waals surface area contributed by atoms with Crippen molar-refractivity contribution in [3.63, 3.8) is 0 Å². The van der Waals surface area contributed by atoms with Crippen LogP contribution in [0.5, 0.6) is 0 Å². The SMILES string of the molecule is COC(=O)CC1CCCC[C@@H]1N(Cc1ccc(-c2cc(CC(C)C)sc2NS(=O)[O-])cc1)C(C)=O. The second kappa shape index (κ2) is 12.6. The molecule has 1 saturated carbocycles. The highest BCUT2D eigenvalue weighted by atomic mass is 32.2.